The monoisotopic (exact) mass is 219 g/mol. The molecule has 3 heteroatoms. The van der Waals surface area contributed by atoms with Gasteiger partial charge in [-0.25, -0.2) is 0 Å². The van der Waals surface area contributed by atoms with Crippen molar-refractivity contribution in [3.63, 3.8) is 0 Å². The summed E-state index contributed by atoms with van der Waals surface area (Å²) in [5, 5.41) is 3.45. The number of hydrogen-bond donors (Lipinski definition) is 1. The fourth-order valence-electron chi connectivity index (χ4n) is 2.22. The molecule has 3 nitrogen and oxygen atoms in total. The zero-order valence-corrected chi connectivity index (χ0v) is 9.53. The van der Waals surface area contributed by atoms with Gasteiger partial charge in [-0.2, -0.15) is 0 Å². The van der Waals surface area contributed by atoms with E-state index in [1.807, 2.05) is 12.1 Å². The number of carbonyl (C=O) groups is 1. The fourth-order valence-corrected chi connectivity index (χ4v) is 2.22. The molecule has 1 saturated heterocycles. The van der Waals surface area contributed by atoms with Crippen LogP contribution in [0.3, 0.4) is 0 Å². The predicted octanol–water partition coefficient (Wildman–Crippen LogP) is 2.32. The summed E-state index contributed by atoms with van der Waals surface area (Å²) in [4.78, 5) is 11.1. The number of nitrogens with one attached hydrogen (secondary N) is 1. The summed E-state index contributed by atoms with van der Waals surface area (Å²) < 4.78 is 5.12. The Labute approximate surface area is 95.8 Å². The van der Waals surface area contributed by atoms with E-state index >= 15 is 0 Å². The maximum absolute atomic E-state index is 11.1. The van der Waals surface area contributed by atoms with Crippen LogP contribution in [0.25, 0.3) is 0 Å². The molecule has 1 aliphatic rings. The first-order valence-electron chi connectivity index (χ1n) is 5.71. The van der Waals surface area contributed by atoms with Crippen molar-refractivity contribution in [3.05, 3.63) is 29.3 Å². The topological polar surface area (TPSA) is 38.3 Å². The minimum Gasteiger partial charge on any atom is -0.497 e. The lowest BCUT2D eigenvalue weighted by Gasteiger charge is -2.25. The highest BCUT2D eigenvalue weighted by Gasteiger charge is 2.17. The lowest BCUT2D eigenvalue weighted by atomic mass is 9.94. The Morgan fingerprint density at radius 1 is 1.44 bits per heavy atom. The van der Waals surface area contributed by atoms with Crippen LogP contribution in [0.15, 0.2) is 18.2 Å². The van der Waals surface area contributed by atoms with Gasteiger partial charge in [0.05, 0.1) is 7.11 Å². The molecule has 1 aliphatic heterocycles. The van der Waals surface area contributed by atoms with Crippen LogP contribution in [-0.4, -0.2) is 19.9 Å². The minimum atomic E-state index is 0.319. The molecule has 0 aliphatic carbocycles. The van der Waals surface area contributed by atoms with Gasteiger partial charge in [-0.15, -0.1) is 0 Å². The zero-order valence-electron chi connectivity index (χ0n) is 9.53. The molecule has 0 aromatic heterocycles. The van der Waals surface area contributed by atoms with Gasteiger partial charge in [-0.1, -0.05) is 12.5 Å². The largest absolute Gasteiger partial charge is 0.497 e. The van der Waals surface area contributed by atoms with E-state index in [-0.39, 0.29) is 0 Å². The van der Waals surface area contributed by atoms with E-state index in [1.165, 1.54) is 12.8 Å². The molecule has 0 radical (unpaired) electrons. The number of rotatable bonds is 3. The summed E-state index contributed by atoms with van der Waals surface area (Å²) in [6.07, 6.45) is 4.46. The van der Waals surface area contributed by atoms with Crippen LogP contribution in [0.1, 0.15) is 41.2 Å². The van der Waals surface area contributed by atoms with Crippen LogP contribution < -0.4 is 10.1 Å². The van der Waals surface area contributed by atoms with E-state index in [9.17, 15) is 4.79 Å². The Balaban J connectivity index is 2.28. The molecule has 2 rings (SSSR count). The first-order valence-corrected chi connectivity index (χ1v) is 5.71. The second kappa shape index (κ2) is 5.12. The normalized spacial score (nSPS) is 20.4. The van der Waals surface area contributed by atoms with Crippen LogP contribution in [-0.2, 0) is 0 Å². The summed E-state index contributed by atoms with van der Waals surface area (Å²) in [5.74, 6) is 0.738. The van der Waals surface area contributed by atoms with Gasteiger partial charge >= 0.3 is 0 Å². The van der Waals surface area contributed by atoms with Gasteiger partial charge in [-0.05, 0) is 37.1 Å². The Morgan fingerprint density at radius 2 is 2.31 bits per heavy atom. The van der Waals surface area contributed by atoms with Gasteiger partial charge in [0.1, 0.15) is 5.75 Å². The minimum absolute atomic E-state index is 0.319. The number of hydrogen-bond acceptors (Lipinski definition) is 3. The predicted molar refractivity (Wildman–Crippen MR) is 63.0 cm³/mol. The average Bonchev–Trinajstić information content (AvgIpc) is 2.39. The second-order valence-electron chi connectivity index (χ2n) is 4.12. The van der Waals surface area contributed by atoms with Crippen molar-refractivity contribution >= 4 is 6.29 Å². The van der Waals surface area contributed by atoms with Crippen LogP contribution in [0.4, 0.5) is 0 Å². The highest BCUT2D eigenvalue weighted by molar-refractivity contribution is 5.78. The summed E-state index contributed by atoms with van der Waals surface area (Å²) in [5.41, 5.74) is 1.83. The first kappa shape index (κ1) is 11.1. The van der Waals surface area contributed by atoms with Crippen molar-refractivity contribution < 1.29 is 9.53 Å². The number of piperidine rings is 1. The maximum Gasteiger partial charge on any atom is 0.150 e. The number of benzene rings is 1. The summed E-state index contributed by atoms with van der Waals surface area (Å²) in [6, 6.07) is 6.03. The molecule has 86 valence electrons. The van der Waals surface area contributed by atoms with E-state index in [1.54, 1.807) is 13.2 Å². The number of carbonyl (C=O) groups excluding carboxylic acids is 1. The maximum atomic E-state index is 11.1. The number of methoxy groups -OCH3 is 1. The van der Waals surface area contributed by atoms with E-state index in [4.69, 9.17) is 4.74 Å². The lowest BCUT2D eigenvalue weighted by Crippen LogP contribution is -2.27. The number of ether oxygens (including phenoxy) is 1. The molecule has 0 spiro atoms. The molecule has 1 N–H and O–H groups in total. The summed E-state index contributed by atoms with van der Waals surface area (Å²) in [7, 11) is 1.61. The van der Waals surface area contributed by atoms with E-state index in [0.717, 1.165) is 36.1 Å². The lowest BCUT2D eigenvalue weighted by molar-refractivity contribution is 0.112. The van der Waals surface area contributed by atoms with Crippen LogP contribution >= 0.6 is 0 Å². The Hall–Kier alpha value is -1.35. The molecular formula is C13H17NO2. The molecule has 0 amide bonds. The molecular weight excluding hydrogens is 202 g/mol. The molecule has 1 aromatic carbocycles. The van der Waals surface area contributed by atoms with Gasteiger partial charge < -0.3 is 10.1 Å². The molecule has 1 unspecified atom stereocenters. The second-order valence-corrected chi connectivity index (χ2v) is 4.12. The van der Waals surface area contributed by atoms with Crippen LogP contribution in [0.2, 0.25) is 0 Å². The fraction of sp³-hybridized carbons (Fsp3) is 0.462. The molecule has 0 bridgehead atoms. The molecule has 1 atom stereocenters. The third-order valence-electron chi connectivity index (χ3n) is 3.11. The quantitative estimate of drug-likeness (QED) is 0.793. The zero-order chi connectivity index (χ0) is 11.4. The highest BCUT2D eigenvalue weighted by atomic mass is 16.5. The van der Waals surface area contributed by atoms with Gasteiger partial charge in [0, 0.05) is 11.6 Å². The van der Waals surface area contributed by atoms with Crippen molar-refractivity contribution in [2.45, 2.75) is 25.3 Å². The SMILES string of the molecule is COc1ccc(C2CCCCN2)c(C=O)c1. The Kier molecular flexibility index (Phi) is 3.57. The van der Waals surface area contributed by atoms with E-state index in [0.29, 0.717) is 6.04 Å². The third kappa shape index (κ3) is 2.25. The van der Waals surface area contributed by atoms with E-state index < -0.39 is 0 Å². The number of aldehydes is 1. The van der Waals surface area contributed by atoms with E-state index in [2.05, 4.69) is 5.32 Å². The van der Waals surface area contributed by atoms with Crippen molar-refractivity contribution in [2.24, 2.45) is 0 Å². The van der Waals surface area contributed by atoms with Crippen LogP contribution in [0, 0.1) is 0 Å². The molecule has 1 aromatic rings. The molecule has 1 fully saturated rings. The Bertz CT molecular complexity index is 370. The summed E-state index contributed by atoms with van der Waals surface area (Å²) in [6.45, 7) is 1.04. The van der Waals surface area contributed by atoms with Crippen molar-refractivity contribution in [2.75, 3.05) is 13.7 Å². The van der Waals surface area contributed by atoms with Gasteiger partial charge in [0.25, 0.3) is 0 Å². The van der Waals surface area contributed by atoms with Gasteiger partial charge in [0.15, 0.2) is 6.29 Å². The summed E-state index contributed by atoms with van der Waals surface area (Å²) >= 11 is 0. The average molecular weight is 219 g/mol. The Morgan fingerprint density at radius 3 is 2.94 bits per heavy atom. The smallest absolute Gasteiger partial charge is 0.150 e. The highest BCUT2D eigenvalue weighted by Crippen LogP contribution is 2.27. The van der Waals surface area contributed by atoms with Crippen molar-refractivity contribution in [3.8, 4) is 5.75 Å². The first-order chi connectivity index (χ1) is 7.85. The molecule has 16 heavy (non-hydrogen) atoms. The van der Waals surface area contributed by atoms with Gasteiger partial charge in [-0.3, -0.25) is 4.79 Å². The molecule has 0 saturated carbocycles. The van der Waals surface area contributed by atoms with Crippen molar-refractivity contribution in [1.82, 2.24) is 5.32 Å². The van der Waals surface area contributed by atoms with Crippen molar-refractivity contribution in [1.29, 1.82) is 0 Å². The van der Waals surface area contributed by atoms with Crippen LogP contribution in [0.5, 0.6) is 5.75 Å². The van der Waals surface area contributed by atoms with Gasteiger partial charge in [0.2, 0.25) is 0 Å². The third-order valence-corrected chi connectivity index (χ3v) is 3.11. The standard InChI is InChI=1S/C13H17NO2/c1-16-11-5-6-12(10(8-11)9-15)13-4-2-3-7-14-13/h5-6,8-9,13-14H,2-4,7H2,1H3. The molecule has 1 heterocycles.